The Morgan fingerprint density at radius 1 is 1.32 bits per heavy atom. The zero-order valence-electron chi connectivity index (χ0n) is 13.3. The van der Waals surface area contributed by atoms with Gasteiger partial charge < -0.3 is 20.1 Å². The summed E-state index contributed by atoms with van der Waals surface area (Å²) in [5, 5.41) is 6.25. The second-order valence-corrected chi connectivity index (χ2v) is 5.42. The minimum Gasteiger partial charge on any atom is -0.381 e. The molecular formula is C17H26N2O3. The fourth-order valence-electron chi connectivity index (χ4n) is 2.43. The highest BCUT2D eigenvalue weighted by Crippen LogP contribution is 2.15. The van der Waals surface area contributed by atoms with Gasteiger partial charge in [0.05, 0.1) is 19.1 Å². The molecular weight excluding hydrogens is 280 g/mol. The lowest BCUT2D eigenvalue weighted by Gasteiger charge is -2.22. The standard InChI is InChI=1S/C17H26N2O3/c1-2-18-13-14-5-3-4-6-16(14)19-17(20)9-12-22-15-7-10-21-11-8-15/h3-6,15,18H,2,7-13H2,1H3,(H,19,20). The second-order valence-electron chi connectivity index (χ2n) is 5.42. The van der Waals surface area contributed by atoms with E-state index in [2.05, 4.69) is 17.6 Å². The maximum atomic E-state index is 12.0. The van der Waals surface area contributed by atoms with Gasteiger partial charge in [-0.1, -0.05) is 25.1 Å². The molecule has 1 aromatic carbocycles. The summed E-state index contributed by atoms with van der Waals surface area (Å²) < 4.78 is 11.0. The van der Waals surface area contributed by atoms with Gasteiger partial charge in [0.1, 0.15) is 0 Å². The molecule has 0 spiro atoms. The van der Waals surface area contributed by atoms with Gasteiger partial charge in [-0.25, -0.2) is 0 Å². The summed E-state index contributed by atoms with van der Waals surface area (Å²) in [7, 11) is 0. The molecule has 0 saturated carbocycles. The van der Waals surface area contributed by atoms with Crippen LogP contribution in [-0.4, -0.2) is 38.4 Å². The molecule has 2 N–H and O–H groups in total. The van der Waals surface area contributed by atoms with E-state index in [0.29, 0.717) is 13.0 Å². The molecule has 122 valence electrons. The lowest BCUT2D eigenvalue weighted by Crippen LogP contribution is -2.25. The van der Waals surface area contributed by atoms with E-state index < -0.39 is 0 Å². The van der Waals surface area contributed by atoms with Crippen LogP contribution in [0.2, 0.25) is 0 Å². The molecule has 1 aromatic rings. The van der Waals surface area contributed by atoms with Gasteiger partial charge in [0.15, 0.2) is 0 Å². The summed E-state index contributed by atoms with van der Waals surface area (Å²) in [5.41, 5.74) is 1.97. The summed E-state index contributed by atoms with van der Waals surface area (Å²) in [6.07, 6.45) is 2.47. The van der Waals surface area contributed by atoms with Crippen molar-refractivity contribution < 1.29 is 14.3 Å². The molecule has 0 bridgehead atoms. The fourth-order valence-corrected chi connectivity index (χ4v) is 2.43. The van der Waals surface area contributed by atoms with Crippen molar-refractivity contribution in [3.63, 3.8) is 0 Å². The van der Waals surface area contributed by atoms with Crippen molar-refractivity contribution in [2.24, 2.45) is 0 Å². The molecule has 1 aliphatic heterocycles. The second kappa shape index (κ2) is 9.56. The van der Waals surface area contributed by atoms with Crippen LogP contribution in [0.25, 0.3) is 0 Å². The van der Waals surface area contributed by atoms with E-state index in [1.54, 1.807) is 0 Å². The van der Waals surface area contributed by atoms with Crippen LogP contribution in [0, 0.1) is 0 Å². The van der Waals surface area contributed by atoms with Gasteiger partial charge in [0.2, 0.25) is 5.91 Å². The Labute approximate surface area is 132 Å². The normalized spacial score (nSPS) is 15.7. The Hall–Kier alpha value is -1.43. The van der Waals surface area contributed by atoms with Gasteiger partial charge in [0.25, 0.3) is 0 Å². The van der Waals surface area contributed by atoms with Crippen molar-refractivity contribution in [3.8, 4) is 0 Å². The molecule has 5 nitrogen and oxygen atoms in total. The third-order valence-corrected chi connectivity index (χ3v) is 3.71. The highest BCUT2D eigenvalue weighted by Gasteiger charge is 2.14. The number of benzene rings is 1. The first kappa shape index (κ1) is 16.9. The van der Waals surface area contributed by atoms with Crippen molar-refractivity contribution in [3.05, 3.63) is 29.8 Å². The average Bonchev–Trinajstić information content (AvgIpc) is 2.55. The van der Waals surface area contributed by atoms with Gasteiger partial charge in [-0.15, -0.1) is 0 Å². The van der Waals surface area contributed by atoms with E-state index >= 15 is 0 Å². The van der Waals surface area contributed by atoms with Crippen molar-refractivity contribution in [2.45, 2.75) is 38.8 Å². The van der Waals surface area contributed by atoms with Crippen molar-refractivity contribution in [1.82, 2.24) is 5.32 Å². The molecule has 22 heavy (non-hydrogen) atoms. The zero-order chi connectivity index (χ0) is 15.6. The van der Waals surface area contributed by atoms with Gasteiger partial charge in [-0.3, -0.25) is 4.79 Å². The Bertz CT molecular complexity index is 459. The quantitative estimate of drug-likeness (QED) is 0.774. The average molecular weight is 306 g/mol. The van der Waals surface area contributed by atoms with Gasteiger partial charge in [-0.2, -0.15) is 0 Å². The van der Waals surface area contributed by atoms with Crippen LogP contribution in [0.15, 0.2) is 24.3 Å². The third-order valence-electron chi connectivity index (χ3n) is 3.71. The number of para-hydroxylation sites is 1. The van der Waals surface area contributed by atoms with Crippen LogP contribution < -0.4 is 10.6 Å². The molecule has 1 heterocycles. The Morgan fingerprint density at radius 2 is 2.09 bits per heavy atom. The van der Waals surface area contributed by atoms with E-state index in [1.165, 1.54) is 0 Å². The van der Waals surface area contributed by atoms with Crippen LogP contribution in [0.3, 0.4) is 0 Å². The molecule has 0 radical (unpaired) electrons. The predicted molar refractivity (Wildman–Crippen MR) is 86.9 cm³/mol. The number of ether oxygens (including phenoxy) is 2. The summed E-state index contributed by atoms with van der Waals surface area (Å²) >= 11 is 0. The monoisotopic (exact) mass is 306 g/mol. The van der Waals surface area contributed by atoms with Crippen molar-refractivity contribution in [1.29, 1.82) is 0 Å². The lowest BCUT2D eigenvalue weighted by molar-refractivity contribution is -0.118. The number of carbonyl (C=O) groups is 1. The Balaban J connectivity index is 1.74. The molecule has 1 fully saturated rings. The number of carbonyl (C=O) groups excluding carboxylic acids is 1. The summed E-state index contributed by atoms with van der Waals surface area (Å²) in [4.78, 5) is 12.0. The first-order valence-electron chi connectivity index (χ1n) is 8.07. The van der Waals surface area contributed by atoms with Crippen LogP contribution in [0.4, 0.5) is 5.69 Å². The van der Waals surface area contributed by atoms with E-state index in [4.69, 9.17) is 9.47 Å². The molecule has 5 heteroatoms. The minimum absolute atomic E-state index is 0.00370. The third kappa shape index (κ3) is 5.75. The molecule has 1 saturated heterocycles. The topological polar surface area (TPSA) is 59.6 Å². The smallest absolute Gasteiger partial charge is 0.226 e. The SMILES string of the molecule is CCNCc1ccccc1NC(=O)CCOC1CCOCC1. The summed E-state index contributed by atoms with van der Waals surface area (Å²) in [5.74, 6) is -0.00370. The van der Waals surface area contributed by atoms with Gasteiger partial charge >= 0.3 is 0 Å². The molecule has 1 aliphatic rings. The Kier molecular flexibility index (Phi) is 7.36. The predicted octanol–water partition coefficient (Wildman–Crippen LogP) is 2.32. The zero-order valence-corrected chi connectivity index (χ0v) is 13.3. The van der Waals surface area contributed by atoms with Crippen LogP contribution in [-0.2, 0) is 20.8 Å². The van der Waals surface area contributed by atoms with Gasteiger partial charge in [-0.05, 0) is 31.0 Å². The van der Waals surface area contributed by atoms with Crippen LogP contribution in [0.5, 0.6) is 0 Å². The van der Waals surface area contributed by atoms with Crippen LogP contribution in [0.1, 0.15) is 31.7 Å². The van der Waals surface area contributed by atoms with Crippen LogP contribution >= 0.6 is 0 Å². The number of hydrogen-bond donors (Lipinski definition) is 2. The summed E-state index contributed by atoms with van der Waals surface area (Å²) in [6, 6.07) is 7.88. The first-order valence-corrected chi connectivity index (χ1v) is 8.07. The summed E-state index contributed by atoms with van der Waals surface area (Å²) in [6.45, 7) is 5.71. The van der Waals surface area contributed by atoms with Gasteiger partial charge in [0, 0.05) is 25.4 Å². The first-order chi connectivity index (χ1) is 10.8. The number of rotatable bonds is 8. The fraction of sp³-hybridized carbons (Fsp3) is 0.588. The lowest BCUT2D eigenvalue weighted by atomic mass is 10.1. The molecule has 1 amide bonds. The molecule has 2 rings (SSSR count). The van der Waals surface area contributed by atoms with Crippen molar-refractivity contribution >= 4 is 11.6 Å². The van der Waals surface area contributed by atoms with E-state index in [0.717, 1.165) is 50.4 Å². The number of nitrogens with one attached hydrogen (secondary N) is 2. The Morgan fingerprint density at radius 3 is 2.86 bits per heavy atom. The van der Waals surface area contributed by atoms with E-state index in [1.807, 2.05) is 24.3 Å². The highest BCUT2D eigenvalue weighted by molar-refractivity contribution is 5.91. The molecule has 0 unspecified atom stereocenters. The molecule has 0 atom stereocenters. The number of amides is 1. The number of hydrogen-bond acceptors (Lipinski definition) is 4. The largest absolute Gasteiger partial charge is 0.381 e. The van der Waals surface area contributed by atoms with E-state index in [-0.39, 0.29) is 12.0 Å². The minimum atomic E-state index is -0.00370. The molecule has 0 aliphatic carbocycles. The maximum absolute atomic E-state index is 12.0. The highest BCUT2D eigenvalue weighted by atomic mass is 16.5. The van der Waals surface area contributed by atoms with E-state index in [9.17, 15) is 4.79 Å². The molecule has 0 aromatic heterocycles. The number of anilines is 1. The van der Waals surface area contributed by atoms with Crippen molar-refractivity contribution in [2.75, 3.05) is 31.7 Å². The maximum Gasteiger partial charge on any atom is 0.226 e.